The van der Waals surface area contributed by atoms with Crippen LogP contribution in [0.1, 0.15) is 12.5 Å². The molecule has 166 valence electrons. The second kappa shape index (κ2) is 9.84. The average Bonchev–Trinajstić information content (AvgIpc) is 3.21. The molecule has 2 aromatic carbocycles. The lowest BCUT2D eigenvalue weighted by molar-refractivity contribution is 0.0919. The summed E-state index contributed by atoms with van der Waals surface area (Å²) in [4.78, 5) is 0.272. The molecule has 9 heteroatoms. The summed E-state index contributed by atoms with van der Waals surface area (Å²) in [7, 11) is -0.0595. The zero-order valence-corrected chi connectivity index (χ0v) is 18.7. The lowest BCUT2D eigenvalue weighted by Gasteiger charge is -2.16. The van der Waals surface area contributed by atoms with E-state index < -0.39 is 9.84 Å². The second-order valence-electron chi connectivity index (χ2n) is 7.11. The van der Waals surface area contributed by atoms with Crippen LogP contribution in [0.25, 0.3) is 11.3 Å². The third kappa shape index (κ3) is 6.22. The zero-order valence-electron chi connectivity index (χ0n) is 17.9. The molecule has 0 bridgehead atoms. The Morgan fingerprint density at radius 3 is 2.35 bits per heavy atom. The summed E-state index contributed by atoms with van der Waals surface area (Å²) < 4.78 is 45.5. The summed E-state index contributed by atoms with van der Waals surface area (Å²) in [6.45, 7) is 2.64. The number of benzene rings is 2. The van der Waals surface area contributed by atoms with Crippen LogP contribution in [0.4, 0.5) is 0 Å². The van der Waals surface area contributed by atoms with Crippen LogP contribution in [0.5, 0.6) is 17.4 Å². The predicted octanol–water partition coefficient (Wildman–Crippen LogP) is 3.48. The van der Waals surface area contributed by atoms with Gasteiger partial charge in [0.2, 0.25) is 5.88 Å². The second-order valence-corrected chi connectivity index (χ2v) is 9.12. The van der Waals surface area contributed by atoms with Crippen LogP contribution in [-0.2, 0) is 21.2 Å². The quantitative estimate of drug-likeness (QED) is 0.509. The van der Waals surface area contributed by atoms with Crippen LogP contribution in [0, 0.1) is 0 Å². The summed E-state index contributed by atoms with van der Waals surface area (Å²) in [6.07, 6.45) is 1.04. The third-order valence-corrected chi connectivity index (χ3v) is 5.58. The summed E-state index contributed by atoms with van der Waals surface area (Å²) >= 11 is 0. The Bertz CT molecular complexity index is 1110. The van der Waals surface area contributed by atoms with E-state index in [1.807, 2.05) is 19.1 Å². The van der Waals surface area contributed by atoms with Crippen molar-refractivity contribution in [1.82, 2.24) is 10.2 Å². The SMILES string of the molecule is COCC(C)Oc1cc(OCc2ccc(S(C)(=O)=O)cc2)cc(-c2cc(OC)n[nH]2)c1. The van der Waals surface area contributed by atoms with E-state index in [1.165, 1.54) is 6.26 Å². The maximum absolute atomic E-state index is 11.6. The molecule has 0 aliphatic heterocycles. The molecule has 0 fully saturated rings. The van der Waals surface area contributed by atoms with Gasteiger partial charge in [-0.3, -0.25) is 5.10 Å². The minimum absolute atomic E-state index is 0.145. The van der Waals surface area contributed by atoms with Gasteiger partial charge in [-0.1, -0.05) is 12.1 Å². The number of H-pyrrole nitrogens is 1. The molecule has 1 heterocycles. The molecule has 0 saturated carbocycles. The highest BCUT2D eigenvalue weighted by atomic mass is 32.2. The molecule has 0 amide bonds. The molecule has 31 heavy (non-hydrogen) atoms. The van der Waals surface area contributed by atoms with Crippen molar-refractivity contribution < 1.29 is 27.4 Å². The van der Waals surface area contributed by atoms with Gasteiger partial charge in [-0.2, -0.15) is 0 Å². The number of aromatic amines is 1. The Balaban J connectivity index is 1.82. The number of sulfone groups is 1. The maximum atomic E-state index is 11.6. The molecular weight excluding hydrogens is 420 g/mol. The monoisotopic (exact) mass is 446 g/mol. The largest absolute Gasteiger partial charge is 0.489 e. The molecule has 3 aromatic rings. The van der Waals surface area contributed by atoms with Gasteiger partial charge in [-0.15, -0.1) is 5.10 Å². The molecule has 0 saturated heterocycles. The molecule has 8 nitrogen and oxygen atoms in total. The topological polar surface area (TPSA) is 99.7 Å². The van der Waals surface area contributed by atoms with Crippen LogP contribution in [0.3, 0.4) is 0 Å². The minimum Gasteiger partial charge on any atom is -0.489 e. The number of hydrogen-bond acceptors (Lipinski definition) is 7. The summed E-state index contributed by atoms with van der Waals surface area (Å²) in [5, 5.41) is 7.02. The fourth-order valence-corrected chi connectivity index (χ4v) is 3.57. The Labute approximate surface area is 182 Å². The first kappa shape index (κ1) is 22.6. The summed E-state index contributed by atoms with van der Waals surface area (Å²) in [5.41, 5.74) is 2.42. The molecule has 1 atom stereocenters. The van der Waals surface area contributed by atoms with Crippen molar-refractivity contribution in [3.63, 3.8) is 0 Å². The first-order valence-electron chi connectivity index (χ1n) is 9.60. The van der Waals surface area contributed by atoms with Gasteiger partial charge >= 0.3 is 0 Å². The zero-order chi connectivity index (χ0) is 22.4. The van der Waals surface area contributed by atoms with Crippen molar-refractivity contribution in [3.05, 3.63) is 54.1 Å². The van der Waals surface area contributed by atoms with E-state index >= 15 is 0 Å². The van der Waals surface area contributed by atoms with Crippen molar-refractivity contribution in [2.75, 3.05) is 27.1 Å². The Morgan fingerprint density at radius 2 is 1.74 bits per heavy atom. The number of ether oxygens (including phenoxy) is 4. The van der Waals surface area contributed by atoms with Crippen LogP contribution < -0.4 is 14.2 Å². The van der Waals surface area contributed by atoms with E-state index in [1.54, 1.807) is 50.6 Å². The highest BCUT2D eigenvalue weighted by Gasteiger charge is 2.12. The van der Waals surface area contributed by atoms with Gasteiger partial charge in [0.25, 0.3) is 0 Å². The normalized spacial score (nSPS) is 12.4. The lowest BCUT2D eigenvalue weighted by atomic mass is 10.1. The average molecular weight is 447 g/mol. The number of rotatable bonds is 10. The third-order valence-electron chi connectivity index (χ3n) is 4.45. The first-order chi connectivity index (χ1) is 14.8. The van der Waals surface area contributed by atoms with Gasteiger partial charge in [0.05, 0.1) is 24.3 Å². The lowest BCUT2D eigenvalue weighted by Crippen LogP contribution is -2.18. The van der Waals surface area contributed by atoms with Gasteiger partial charge < -0.3 is 18.9 Å². The Kier molecular flexibility index (Phi) is 7.19. The molecular formula is C22H26N2O6S. The van der Waals surface area contributed by atoms with Crippen LogP contribution in [0.15, 0.2) is 53.4 Å². The van der Waals surface area contributed by atoms with E-state index in [0.29, 0.717) is 24.0 Å². The van der Waals surface area contributed by atoms with Gasteiger partial charge in [0.15, 0.2) is 9.84 Å². The van der Waals surface area contributed by atoms with Crippen LogP contribution >= 0.6 is 0 Å². The molecule has 0 aliphatic carbocycles. The van der Waals surface area contributed by atoms with Crippen LogP contribution in [0.2, 0.25) is 0 Å². The van der Waals surface area contributed by atoms with E-state index in [2.05, 4.69) is 10.2 Å². The molecule has 0 aliphatic rings. The van der Waals surface area contributed by atoms with Gasteiger partial charge in [0, 0.05) is 31.1 Å². The first-order valence-corrected chi connectivity index (χ1v) is 11.5. The molecule has 0 radical (unpaired) electrons. The smallest absolute Gasteiger partial charge is 0.232 e. The fourth-order valence-electron chi connectivity index (χ4n) is 2.93. The number of hydrogen-bond donors (Lipinski definition) is 1. The van der Waals surface area contributed by atoms with Gasteiger partial charge in [-0.25, -0.2) is 8.42 Å². The highest BCUT2D eigenvalue weighted by Crippen LogP contribution is 2.31. The fraction of sp³-hybridized carbons (Fsp3) is 0.318. The van der Waals surface area contributed by atoms with Crippen molar-refractivity contribution in [2.24, 2.45) is 0 Å². The maximum Gasteiger partial charge on any atom is 0.232 e. The number of nitrogens with zero attached hydrogens (tertiary/aromatic N) is 1. The van der Waals surface area contributed by atoms with E-state index in [9.17, 15) is 8.42 Å². The van der Waals surface area contributed by atoms with Gasteiger partial charge in [0.1, 0.15) is 24.2 Å². The summed E-state index contributed by atoms with van der Waals surface area (Å²) in [6, 6.07) is 13.9. The van der Waals surface area contributed by atoms with Crippen molar-refractivity contribution >= 4 is 9.84 Å². The summed E-state index contributed by atoms with van der Waals surface area (Å²) in [5.74, 6) is 1.69. The van der Waals surface area contributed by atoms with Crippen molar-refractivity contribution in [3.8, 4) is 28.6 Å². The predicted molar refractivity (Wildman–Crippen MR) is 116 cm³/mol. The van der Waals surface area contributed by atoms with E-state index in [0.717, 1.165) is 16.8 Å². The number of nitrogens with one attached hydrogen (secondary N) is 1. The minimum atomic E-state index is -3.23. The van der Waals surface area contributed by atoms with Gasteiger partial charge in [-0.05, 0) is 36.8 Å². The Morgan fingerprint density at radius 1 is 1.03 bits per heavy atom. The highest BCUT2D eigenvalue weighted by molar-refractivity contribution is 7.90. The standard InChI is InChI=1S/C22H26N2O6S/c1-15(13-27-2)30-19-10-17(21-12-22(28-3)24-23-21)9-18(11-19)29-14-16-5-7-20(8-6-16)31(4,25)26/h5-12,15H,13-14H2,1-4H3,(H,23,24). The molecule has 3 rings (SSSR count). The Hall–Kier alpha value is -3.04. The molecule has 1 unspecified atom stereocenters. The number of methoxy groups -OCH3 is 2. The molecule has 1 aromatic heterocycles. The van der Waals surface area contributed by atoms with E-state index in [4.69, 9.17) is 18.9 Å². The molecule has 0 spiro atoms. The van der Waals surface area contributed by atoms with E-state index in [-0.39, 0.29) is 17.6 Å². The van der Waals surface area contributed by atoms with Crippen molar-refractivity contribution in [2.45, 2.75) is 24.5 Å². The van der Waals surface area contributed by atoms with Crippen molar-refractivity contribution in [1.29, 1.82) is 0 Å². The number of aromatic nitrogens is 2. The van der Waals surface area contributed by atoms with Crippen LogP contribution in [-0.4, -0.2) is 51.8 Å². The molecule has 1 N–H and O–H groups in total.